The third kappa shape index (κ3) is 4.17. The first-order valence-electron chi connectivity index (χ1n) is 12.3. The molecule has 6 heteroatoms. The first-order valence-corrected chi connectivity index (χ1v) is 12.3. The van der Waals surface area contributed by atoms with E-state index >= 15 is 0 Å². The van der Waals surface area contributed by atoms with E-state index in [1.54, 1.807) is 24.3 Å². The average Bonchev–Trinajstić information content (AvgIpc) is 3.27. The molecule has 1 aliphatic heterocycles. The lowest BCUT2D eigenvalue weighted by Gasteiger charge is -2.39. The molecule has 1 spiro atoms. The molecular formula is C28H32N2O4. The van der Waals surface area contributed by atoms with Gasteiger partial charge in [-0.3, -0.25) is 4.79 Å². The van der Waals surface area contributed by atoms with Crippen LogP contribution in [0.4, 0.5) is 11.6 Å². The third-order valence-electron chi connectivity index (χ3n) is 7.78. The fourth-order valence-corrected chi connectivity index (χ4v) is 5.83. The molecule has 2 N–H and O–H groups in total. The summed E-state index contributed by atoms with van der Waals surface area (Å²) in [6.07, 6.45) is 7.63. The molecule has 2 heterocycles. The molecule has 178 valence electrons. The molecule has 1 saturated heterocycles. The van der Waals surface area contributed by atoms with Crippen LogP contribution in [0.1, 0.15) is 73.0 Å². The van der Waals surface area contributed by atoms with Crippen molar-refractivity contribution >= 4 is 28.5 Å². The Bertz CT molecular complexity index is 1280. The average molecular weight is 461 g/mol. The van der Waals surface area contributed by atoms with Gasteiger partial charge in [0.15, 0.2) is 11.3 Å². The van der Waals surface area contributed by atoms with Crippen molar-refractivity contribution in [3.05, 3.63) is 69.4 Å². The monoisotopic (exact) mass is 460 g/mol. The number of aromatic carboxylic acids is 1. The summed E-state index contributed by atoms with van der Waals surface area (Å²) in [4.78, 5) is 27.0. The van der Waals surface area contributed by atoms with Crippen LogP contribution < -0.4 is 15.6 Å². The first kappa shape index (κ1) is 22.5. The SMILES string of the molecule is Cc1cc([C@@H](C)Nc2ccccc2C(=O)O)c2oc(N3CCC4(CCCC4)CC3)cc(=O)c2c1. The van der Waals surface area contributed by atoms with Gasteiger partial charge in [-0.1, -0.05) is 31.0 Å². The summed E-state index contributed by atoms with van der Waals surface area (Å²) in [5.74, 6) is -0.350. The number of hydrogen-bond acceptors (Lipinski definition) is 5. The van der Waals surface area contributed by atoms with Crippen LogP contribution in [0.3, 0.4) is 0 Å². The summed E-state index contributed by atoms with van der Waals surface area (Å²) in [7, 11) is 0. The fraction of sp³-hybridized carbons (Fsp3) is 0.429. The van der Waals surface area contributed by atoms with E-state index in [0.29, 0.717) is 28.0 Å². The van der Waals surface area contributed by atoms with Crippen LogP contribution in [0.5, 0.6) is 0 Å². The number of nitrogens with zero attached hydrogens (tertiary/aromatic N) is 1. The van der Waals surface area contributed by atoms with Gasteiger partial charge in [-0.2, -0.15) is 0 Å². The molecule has 2 aliphatic rings. The van der Waals surface area contributed by atoms with E-state index < -0.39 is 5.97 Å². The highest BCUT2D eigenvalue weighted by Gasteiger charge is 2.37. The van der Waals surface area contributed by atoms with Crippen LogP contribution in [0, 0.1) is 12.3 Å². The number of carboxylic acids is 1. The number of nitrogens with one attached hydrogen (secondary N) is 1. The Morgan fingerprint density at radius 2 is 1.79 bits per heavy atom. The molecule has 2 fully saturated rings. The summed E-state index contributed by atoms with van der Waals surface area (Å²) in [6, 6.07) is 12.1. The Kier molecular flexibility index (Phi) is 5.84. The van der Waals surface area contributed by atoms with Crippen molar-refractivity contribution in [1.29, 1.82) is 0 Å². The highest BCUT2D eigenvalue weighted by molar-refractivity contribution is 5.94. The topological polar surface area (TPSA) is 82.8 Å². The lowest BCUT2D eigenvalue weighted by atomic mass is 9.77. The Labute approximate surface area is 199 Å². The number of carboxylic acid groups (broad SMARTS) is 1. The minimum atomic E-state index is -0.983. The largest absolute Gasteiger partial charge is 0.478 e. The van der Waals surface area contributed by atoms with Gasteiger partial charge in [0.2, 0.25) is 0 Å². The molecule has 5 rings (SSSR count). The van der Waals surface area contributed by atoms with E-state index in [2.05, 4.69) is 10.2 Å². The summed E-state index contributed by atoms with van der Waals surface area (Å²) >= 11 is 0. The van der Waals surface area contributed by atoms with Crippen LogP contribution in [0.25, 0.3) is 11.0 Å². The first-order chi connectivity index (χ1) is 16.3. The maximum absolute atomic E-state index is 13.1. The lowest BCUT2D eigenvalue weighted by Crippen LogP contribution is -2.39. The van der Waals surface area contributed by atoms with Crippen LogP contribution in [0.15, 0.2) is 51.7 Å². The summed E-state index contributed by atoms with van der Waals surface area (Å²) in [6.45, 7) is 5.75. The zero-order valence-corrected chi connectivity index (χ0v) is 19.9. The van der Waals surface area contributed by atoms with Gasteiger partial charge in [0, 0.05) is 30.4 Å². The lowest BCUT2D eigenvalue weighted by molar-refractivity contribution is 0.0698. The number of benzene rings is 2. The molecule has 0 unspecified atom stereocenters. The van der Waals surface area contributed by atoms with Gasteiger partial charge >= 0.3 is 5.97 Å². The van der Waals surface area contributed by atoms with Crippen LogP contribution in [-0.4, -0.2) is 24.2 Å². The predicted octanol–water partition coefficient (Wildman–Crippen LogP) is 6.13. The maximum Gasteiger partial charge on any atom is 0.337 e. The van der Waals surface area contributed by atoms with Crippen molar-refractivity contribution in [3.63, 3.8) is 0 Å². The normalized spacial score (nSPS) is 18.4. The van der Waals surface area contributed by atoms with Crippen molar-refractivity contribution in [2.75, 3.05) is 23.3 Å². The van der Waals surface area contributed by atoms with E-state index in [9.17, 15) is 14.7 Å². The van der Waals surface area contributed by atoms with Crippen molar-refractivity contribution in [2.24, 2.45) is 5.41 Å². The molecule has 0 amide bonds. The molecule has 1 aliphatic carbocycles. The van der Waals surface area contributed by atoms with Gasteiger partial charge < -0.3 is 19.7 Å². The summed E-state index contributed by atoms with van der Waals surface area (Å²) in [5.41, 5.74) is 3.58. The Morgan fingerprint density at radius 1 is 1.09 bits per heavy atom. The molecule has 2 aromatic carbocycles. The van der Waals surface area contributed by atoms with E-state index in [1.807, 2.05) is 32.0 Å². The quantitative estimate of drug-likeness (QED) is 0.476. The summed E-state index contributed by atoms with van der Waals surface area (Å²) < 4.78 is 6.43. The Balaban J connectivity index is 1.49. The third-order valence-corrected chi connectivity index (χ3v) is 7.78. The number of anilines is 2. The second-order valence-electron chi connectivity index (χ2n) is 10.1. The van der Waals surface area contributed by atoms with E-state index in [0.717, 1.165) is 37.1 Å². The van der Waals surface area contributed by atoms with Gasteiger partial charge in [-0.25, -0.2) is 4.79 Å². The molecule has 6 nitrogen and oxygen atoms in total. The molecule has 1 saturated carbocycles. The molecule has 3 aromatic rings. The van der Waals surface area contributed by atoms with Gasteiger partial charge in [-0.05, 0) is 68.7 Å². The zero-order chi connectivity index (χ0) is 23.9. The molecule has 34 heavy (non-hydrogen) atoms. The van der Waals surface area contributed by atoms with Crippen molar-refractivity contribution in [1.82, 2.24) is 0 Å². The van der Waals surface area contributed by atoms with Gasteiger partial charge in [0.25, 0.3) is 0 Å². The van der Waals surface area contributed by atoms with Crippen LogP contribution in [0.2, 0.25) is 0 Å². The number of piperidine rings is 1. The Hall–Kier alpha value is -3.28. The van der Waals surface area contributed by atoms with Crippen molar-refractivity contribution in [3.8, 4) is 0 Å². The zero-order valence-electron chi connectivity index (χ0n) is 19.9. The maximum atomic E-state index is 13.1. The number of hydrogen-bond donors (Lipinski definition) is 2. The van der Waals surface area contributed by atoms with Gasteiger partial charge in [0.05, 0.1) is 17.0 Å². The van der Waals surface area contributed by atoms with E-state index in [1.165, 1.54) is 25.7 Å². The molecular weight excluding hydrogens is 428 g/mol. The van der Waals surface area contributed by atoms with Gasteiger partial charge in [-0.15, -0.1) is 0 Å². The highest BCUT2D eigenvalue weighted by atomic mass is 16.4. The highest BCUT2D eigenvalue weighted by Crippen LogP contribution is 2.46. The number of carbonyl (C=O) groups is 1. The van der Waals surface area contributed by atoms with Crippen LogP contribution in [-0.2, 0) is 0 Å². The Morgan fingerprint density at radius 3 is 2.50 bits per heavy atom. The van der Waals surface area contributed by atoms with Crippen LogP contribution >= 0.6 is 0 Å². The molecule has 0 radical (unpaired) electrons. The smallest absolute Gasteiger partial charge is 0.337 e. The second kappa shape index (κ2) is 8.82. The number of fused-ring (bicyclic) bond motifs is 1. The number of aryl methyl sites for hydroxylation is 1. The molecule has 1 atom stereocenters. The molecule has 1 aromatic heterocycles. The minimum absolute atomic E-state index is 0.0412. The standard InChI is InChI=1S/C28H32N2O4/c1-18-15-21(19(2)29-23-8-4-3-7-20(23)27(32)33)26-22(16-18)24(31)17-25(34-26)30-13-11-28(12-14-30)9-5-6-10-28/h3-4,7-8,15-17,19,29H,5-6,9-14H2,1-2H3,(H,32,33)/t19-/m1/s1. The van der Waals surface area contributed by atoms with E-state index in [-0.39, 0.29) is 17.0 Å². The fourth-order valence-electron chi connectivity index (χ4n) is 5.83. The van der Waals surface area contributed by atoms with Gasteiger partial charge in [0.1, 0.15) is 5.58 Å². The predicted molar refractivity (Wildman–Crippen MR) is 135 cm³/mol. The number of rotatable bonds is 5. The molecule has 0 bridgehead atoms. The van der Waals surface area contributed by atoms with E-state index in [4.69, 9.17) is 4.42 Å². The summed E-state index contributed by atoms with van der Waals surface area (Å²) in [5, 5.41) is 13.4. The van der Waals surface area contributed by atoms with Crippen molar-refractivity contribution in [2.45, 2.75) is 58.4 Å². The number of para-hydroxylation sites is 1. The minimum Gasteiger partial charge on any atom is -0.478 e. The second-order valence-corrected chi connectivity index (χ2v) is 10.1. The van der Waals surface area contributed by atoms with Crippen molar-refractivity contribution < 1.29 is 14.3 Å².